The van der Waals surface area contributed by atoms with Crippen molar-refractivity contribution in [3.63, 3.8) is 0 Å². The van der Waals surface area contributed by atoms with E-state index < -0.39 is 24.3 Å². The first-order chi connectivity index (χ1) is 11.9. The largest absolute Gasteiger partial charge is 0.508 e. The first-order valence-corrected chi connectivity index (χ1v) is 7.95. The Labute approximate surface area is 148 Å². The van der Waals surface area contributed by atoms with E-state index in [1.807, 2.05) is 0 Å². The van der Waals surface area contributed by atoms with Gasteiger partial charge >= 0.3 is 5.97 Å². The van der Waals surface area contributed by atoms with E-state index in [1.165, 1.54) is 12.1 Å². The van der Waals surface area contributed by atoms with Gasteiger partial charge in [0.15, 0.2) is 6.61 Å². The Morgan fingerprint density at radius 2 is 2.00 bits per heavy atom. The summed E-state index contributed by atoms with van der Waals surface area (Å²) >= 11 is 5.94. The van der Waals surface area contributed by atoms with Crippen LogP contribution in [0.1, 0.15) is 15.9 Å². The molecule has 2 aromatic rings. The van der Waals surface area contributed by atoms with Gasteiger partial charge in [0.05, 0.1) is 11.5 Å². The van der Waals surface area contributed by atoms with E-state index in [1.54, 1.807) is 18.2 Å². The minimum absolute atomic E-state index is 0.0254. The van der Waals surface area contributed by atoms with Crippen molar-refractivity contribution in [3.8, 4) is 17.2 Å². The molecule has 0 radical (unpaired) electrons. The van der Waals surface area contributed by atoms with Crippen molar-refractivity contribution in [2.75, 3.05) is 13.2 Å². The number of esters is 1. The predicted octanol–water partition coefficient (Wildman–Crippen LogP) is 2.73. The van der Waals surface area contributed by atoms with Crippen molar-refractivity contribution in [3.05, 3.63) is 52.5 Å². The second-order valence-corrected chi connectivity index (χ2v) is 6.13. The maximum atomic E-state index is 12.2. The van der Waals surface area contributed by atoms with Crippen molar-refractivity contribution in [1.82, 2.24) is 0 Å². The fraction of sp³-hybridized carbons (Fsp3) is 0.222. The SMILES string of the molecule is O=C(COC(=O)[C@H]1COc2ccc(Cl)cc2C1)c1ccc(O)cc1O. The molecule has 1 aliphatic heterocycles. The third-order valence-electron chi connectivity index (χ3n) is 3.89. The van der Waals surface area contributed by atoms with Crippen LogP contribution in [0.2, 0.25) is 5.02 Å². The highest BCUT2D eigenvalue weighted by atomic mass is 35.5. The number of fused-ring (bicyclic) bond motifs is 1. The normalized spacial score (nSPS) is 15.8. The molecule has 1 aliphatic rings. The summed E-state index contributed by atoms with van der Waals surface area (Å²) in [6.07, 6.45) is 0.410. The summed E-state index contributed by atoms with van der Waals surface area (Å²) in [4.78, 5) is 24.2. The summed E-state index contributed by atoms with van der Waals surface area (Å²) < 4.78 is 10.6. The molecule has 1 atom stereocenters. The van der Waals surface area contributed by atoms with Gasteiger partial charge in [-0.15, -0.1) is 0 Å². The number of halogens is 1. The summed E-state index contributed by atoms with van der Waals surface area (Å²) in [6, 6.07) is 8.77. The molecule has 0 fully saturated rings. The molecule has 2 N–H and O–H groups in total. The summed E-state index contributed by atoms with van der Waals surface area (Å²) in [5.74, 6) is -1.51. The quantitative estimate of drug-likeness (QED) is 0.641. The van der Waals surface area contributed by atoms with Gasteiger partial charge in [0, 0.05) is 11.1 Å². The Kier molecular flexibility index (Phi) is 4.81. The summed E-state index contributed by atoms with van der Waals surface area (Å²) in [5, 5.41) is 19.4. The van der Waals surface area contributed by atoms with E-state index in [9.17, 15) is 19.8 Å². The average molecular weight is 363 g/mol. The Morgan fingerprint density at radius 3 is 2.76 bits per heavy atom. The molecule has 0 amide bonds. The Bertz CT molecular complexity index is 832. The zero-order valence-electron chi connectivity index (χ0n) is 13.1. The number of phenolic OH excluding ortho intramolecular Hbond substituents is 2. The lowest BCUT2D eigenvalue weighted by molar-refractivity contribution is -0.148. The second kappa shape index (κ2) is 7.03. The lowest BCUT2D eigenvalue weighted by Gasteiger charge is -2.24. The molecule has 130 valence electrons. The van der Waals surface area contributed by atoms with Crippen molar-refractivity contribution in [2.24, 2.45) is 5.92 Å². The highest BCUT2D eigenvalue weighted by Crippen LogP contribution is 2.30. The van der Waals surface area contributed by atoms with Crippen LogP contribution in [0.3, 0.4) is 0 Å². The molecule has 0 spiro atoms. The zero-order chi connectivity index (χ0) is 18.0. The number of carbonyl (C=O) groups is 2. The third kappa shape index (κ3) is 3.85. The molecular formula is C18H15ClO6. The van der Waals surface area contributed by atoms with E-state index in [2.05, 4.69) is 0 Å². The molecule has 0 aromatic heterocycles. The van der Waals surface area contributed by atoms with E-state index in [-0.39, 0.29) is 23.7 Å². The first-order valence-electron chi connectivity index (χ1n) is 7.57. The monoisotopic (exact) mass is 362 g/mol. The van der Waals surface area contributed by atoms with Gasteiger partial charge in [-0.1, -0.05) is 11.6 Å². The fourth-order valence-corrected chi connectivity index (χ4v) is 2.80. The van der Waals surface area contributed by atoms with Gasteiger partial charge in [0.2, 0.25) is 5.78 Å². The minimum atomic E-state index is -0.564. The van der Waals surface area contributed by atoms with E-state index >= 15 is 0 Å². The number of Topliss-reactive ketones (excluding diaryl/α,β-unsaturated/α-hetero) is 1. The van der Waals surface area contributed by atoms with Crippen LogP contribution < -0.4 is 4.74 Å². The third-order valence-corrected chi connectivity index (χ3v) is 4.12. The molecule has 6 nitrogen and oxygen atoms in total. The standard InChI is InChI=1S/C18H15ClO6/c19-12-1-4-17-10(6-12)5-11(8-24-17)18(23)25-9-16(22)14-3-2-13(20)7-15(14)21/h1-4,6-7,11,20-21H,5,8-9H2/t11-/m1/s1. The fourth-order valence-electron chi connectivity index (χ4n) is 2.60. The van der Waals surface area contributed by atoms with E-state index in [4.69, 9.17) is 21.1 Å². The van der Waals surface area contributed by atoms with Crippen LogP contribution in [0.4, 0.5) is 0 Å². The number of hydrogen-bond donors (Lipinski definition) is 2. The number of phenols is 2. The molecule has 0 saturated carbocycles. The Balaban J connectivity index is 1.60. The summed E-state index contributed by atoms with van der Waals surface area (Å²) in [7, 11) is 0. The summed E-state index contributed by atoms with van der Waals surface area (Å²) in [5.41, 5.74) is 0.783. The van der Waals surface area contributed by atoms with E-state index in [0.717, 1.165) is 11.6 Å². The van der Waals surface area contributed by atoms with Gasteiger partial charge < -0.3 is 19.7 Å². The number of rotatable bonds is 4. The molecule has 0 aliphatic carbocycles. The molecule has 25 heavy (non-hydrogen) atoms. The molecule has 7 heteroatoms. The summed E-state index contributed by atoms with van der Waals surface area (Å²) in [6.45, 7) is -0.345. The molecular weight excluding hydrogens is 348 g/mol. The van der Waals surface area contributed by atoms with Crippen molar-refractivity contribution in [1.29, 1.82) is 0 Å². The first kappa shape index (κ1) is 17.1. The molecule has 3 rings (SSSR count). The smallest absolute Gasteiger partial charge is 0.313 e. The second-order valence-electron chi connectivity index (χ2n) is 5.70. The lowest BCUT2D eigenvalue weighted by atomic mass is 9.97. The predicted molar refractivity (Wildman–Crippen MR) is 89.2 cm³/mol. The van der Waals surface area contributed by atoms with Gasteiger partial charge in [-0.25, -0.2) is 0 Å². The lowest BCUT2D eigenvalue weighted by Crippen LogP contribution is -2.31. The van der Waals surface area contributed by atoms with Gasteiger partial charge in [0.1, 0.15) is 23.9 Å². The van der Waals surface area contributed by atoms with Crippen LogP contribution in [-0.4, -0.2) is 35.2 Å². The van der Waals surface area contributed by atoms with Crippen LogP contribution in [0.15, 0.2) is 36.4 Å². The number of aromatic hydroxyl groups is 2. The van der Waals surface area contributed by atoms with Crippen LogP contribution in [-0.2, 0) is 16.0 Å². The Hall–Kier alpha value is -2.73. The molecule has 0 saturated heterocycles. The van der Waals surface area contributed by atoms with Crippen LogP contribution >= 0.6 is 11.6 Å². The molecule has 1 heterocycles. The zero-order valence-corrected chi connectivity index (χ0v) is 13.8. The van der Waals surface area contributed by atoms with Gasteiger partial charge in [-0.05, 0) is 42.3 Å². The van der Waals surface area contributed by atoms with Crippen LogP contribution in [0.5, 0.6) is 17.2 Å². The van der Waals surface area contributed by atoms with Crippen LogP contribution in [0, 0.1) is 5.92 Å². The minimum Gasteiger partial charge on any atom is -0.508 e. The van der Waals surface area contributed by atoms with Gasteiger partial charge in [0.25, 0.3) is 0 Å². The molecule has 2 aromatic carbocycles. The van der Waals surface area contributed by atoms with E-state index in [0.29, 0.717) is 17.2 Å². The molecule has 0 unspecified atom stereocenters. The topological polar surface area (TPSA) is 93.1 Å². The number of ether oxygens (including phenoxy) is 2. The highest BCUT2D eigenvalue weighted by Gasteiger charge is 2.28. The number of hydrogen-bond acceptors (Lipinski definition) is 6. The average Bonchev–Trinajstić information content (AvgIpc) is 2.58. The van der Waals surface area contributed by atoms with Gasteiger partial charge in [-0.3, -0.25) is 9.59 Å². The number of carbonyl (C=O) groups excluding carboxylic acids is 2. The van der Waals surface area contributed by atoms with Crippen molar-refractivity contribution in [2.45, 2.75) is 6.42 Å². The van der Waals surface area contributed by atoms with Gasteiger partial charge in [-0.2, -0.15) is 0 Å². The van der Waals surface area contributed by atoms with Crippen molar-refractivity contribution >= 4 is 23.4 Å². The molecule has 0 bridgehead atoms. The maximum absolute atomic E-state index is 12.2. The van der Waals surface area contributed by atoms with Crippen molar-refractivity contribution < 1.29 is 29.3 Å². The van der Waals surface area contributed by atoms with Crippen LogP contribution in [0.25, 0.3) is 0 Å². The highest BCUT2D eigenvalue weighted by molar-refractivity contribution is 6.30. The number of ketones is 1. The maximum Gasteiger partial charge on any atom is 0.313 e. The Morgan fingerprint density at radius 1 is 1.20 bits per heavy atom. The number of benzene rings is 2.